The summed E-state index contributed by atoms with van der Waals surface area (Å²) in [6.45, 7) is 7.23. The number of methoxy groups -OCH3 is 1. The molecule has 1 aliphatic carbocycles. The van der Waals surface area contributed by atoms with Crippen molar-refractivity contribution in [2.75, 3.05) is 64.9 Å². The zero-order valence-corrected chi connectivity index (χ0v) is 25.2. The molecule has 42 heavy (non-hydrogen) atoms. The van der Waals surface area contributed by atoms with Crippen LogP contribution in [0, 0.1) is 11.8 Å². The molecule has 1 N–H and O–H groups in total. The fraction of sp³-hybridized carbons (Fsp3) is 0.545. The summed E-state index contributed by atoms with van der Waals surface area (Å²) in [6.07, 6.45) is 9.63. The number of amides is 1. The molecule has 1 atom stereocenters. The molecule has 6 rings (SSSR count). The largest absolute Gasteiger partial charge is 0.395 e. The van der Waals surface area contributed by atoms with Crippen molar-refractivity contribution in [2.45, 2.75) is 44.2 Å². The molecule has 3 aliphatic rings. The van der Waals surface area contributed by atoms with Crippen molar-refractivity contribution >= 4 is 23.3 Å². The van der Waals surface area contributed by atoms with Gasteiger partial charge in [0.1, 0.15) is 0 Å². The second-order valence-corrected chi connectivity index (χ2v) is 12.3. The molecule has 1 amide bonds. The van der Waals surface area contributed by atoms with E-state index in [1.165, 1.54) is 5.56 Å². The molecule has 2 aliphatic heterocycles. The molecule has 4 heterocycles. The van der Waals surface area contributed by atoms with Gasteiger partial charge in [0, 0.05) is 89.6 Å². The average molecular weight is 573 g/mol. The van der Waals surface area contributed by atoms with Crippen molar-refractivity contribution in [3.8, 4) is 11.1 Å². The van der Waals surface area contributed by atoms with Crippen LogP contribution < -0.4 is 4.90 Å². The Kier molecular flexibility index (Phi) is 8.34. The smallest absolute Gasteiger partial charge is 0.225 e. The summed E-state index contributed by atoms with van der Waals surface area (Å²) in [5.41, 5.74) is 5.42. The number of hydrogen-bond acceptors (Lipinski definition) is 7. The van der Waals surface area contributed by atoms with Crippen LogP contribution in [0.5, 0.6) is 0 Å². The molecule has 1 saturated carbocycles. The predicted molar refractivity (Wildman–Crippen MR) is 166 cm³/mol. The van der Waals surface area contributed by atoms with Crippen LogP contribution in [0.1, 0.15) is 38.2 Å². The molecule has 3 aromatic rings. The zero-order chi connectivity index (χ0) is 29.3. The molecule has 9 nitrogen and oxygen atoms in total. The third kappa shape index (κ3) is 5.45. The van der Waals surface area contributed by atoms with E-state index in [0.717, 1.165) is 87.3 Å². The molecule has 0 bridgehead atoms. The van der Waals surface area contributed by atoms with Gasteiger partial charge in [0.15, 0.2) is 0 Å². The van der Waals surface area contributed by atoms with Crippen molar-refractivity contribution in [3.05, 3.63) is 54.4 Å². The minimum Gasteiger partial charge on any atom is -0.395 e. The molecule has 2 saturated heterocycles. The van der Waals surface area contributed by atoms with Gasteiger partial charge in [-0.25, -0.2) is 4.52 Å². The molecule has 1 aromatic carbocycles. The van der Waals surface area contributed by atoms with Gasteiger partial charge in [0.25, 0.3) is 0 Å². The molecule has 3 fully saturated rings. The lowest BCUT2D eigenvalue weighted by atomic mass is 9.75. The number of aromatic nitrogens is 2. The molecule has 0 radical (unpaired) electrons. The van der Waals surface area contributed by atoms with E-state index in [1.807, 2.05) is 28.9 Å². The number of ether oxygens (including phenoxy) is 1. The minimum atomic E-state index is -0.294. The van der Waals surface area contributed by atoms with E-state index in [1.54, 1.807) is 7.05 Å². The topological polar surface area (TPSA) is 85.9 Å². The molecular weight excluding hydrogens is 528 g/mol. The molecular formula is C33H44N6O3. The first-order chi connectivity index (χ1) is 20.4. The Hall–Kier alpha value is -3.27. The summed E-state index contributed by atoms with van der Waals surface area (Å²) in [4.78, 5) is 23.9. The summed E-state index contributed by atoms with van der Waals surface area (Å²) in [5, 5.41) is 14.2. The number of likely N-dealkylation sites (tertiary alicyclic amines) is 1. The van der Waals surface area contributed by atoms with Crippen LogP contribution in [0.4, 0.5) is 5.69 Å². The van der Waals surface area contributed by atoms with Crippen molar-refractivity contribution in [1.29, 1.82) is 0 Å². The van der Waals surface area contributed by atoms with E-state index < -0.39 is 0 Å². The number of nitrogens with zero attached hydrogens (tertiary/aromatic N) is 6. The van der Waals surface area contributed by atoms with Crippen molar-refractivity contribution in [1.82, 2.24) is 19.4 Å². The highest BCUT2D eigenvalue weighted by atomic mass is 16.5. The molecule has 0 unspecified atom stereocenters. The Morgan fingerprint density at radius 3 is 2.45 bits per heavy atom. The maximum atomic E-state index is 13.0. The first-order valence-electron chi connectivity index (χ1n) is 15.4. The van der Waals surface area contributed by atoms with Crippen molar-refractivity contribution < 1.29 is 14.6 Å². The van der Waals surface area contributed by atoms with Crippen LogP contribution in [-0.4, -0.2) is 103 Å². The van der Waals surface area contributed by atoms with E-state index in [0.29, 0.717) is 11.8 Å². The Bertz CT molecular complexity index is 1400. The number of fused-ring (bicyclic) bond motifs is 1. The second-order valence-electron chi connectivity index (χ2n) is 12.3. The molecule has 224 valence electrons. The number of piperidine rings is 1. The fourth-order valence-corrected chi connectivity index (χ4v) is 7.07. The minimum absolute atomic E-state index is 0.160. The predicted octanol–water partition coefficient (Wildman–Crippen LogP) is 3.70. The van der Waals surface area contributed by atoms with E-state index in [4.69, 9.17) is 4.74 Å². The van der Waals surface area contributed by atoms with E-state index in [-0.39, 0.29) is 24.2 Å². The van der Waals surface area contributed by atoms with Gasteiger partial charge in [-0.1, -0.05) is 24.3 Å². The van der Waals surface area contributed by atoms with E-state index in [9.17, 15) is 9.90 Å². The number of hydrogen-bond donors (Lipinski definition) is 1. The van der Waals surface area contributed by atoms with Crippen LogP contribution in [0.3, 0.4) is 0 Å². The molecule has 9 heteroatoms. The van der Waals surface area contributed by atoms with Crippen molar-refractivity contribution in [2.24, 2.45) is 16.8 Å². The maximum absolute atomic E-state index is 13.0. The highest BCUT2D eigenvalue weighted by Crippen LogP contribution is 2.38. The van der Waals surface area contributed by atoms with Crippen LogP contribution in [-0.2, 0) is 15.1 Å². The fourth-order valence-electron chi connectivity index (χ4n) is 7.07. The van der Waals surface area contributed by atoms with Gasteiger partial charge in [-0.05, 0) is 61.8 Å². The highest BCUT2D eigenvalue weighted by Gasteiger charge is 2.38. The molecule has 0 spiro atoms. The lowest BCUT2D eigenvalue weighted by molar-refractivity contribution is -0.139. The highest BCUT2D eigenvalue weighted by molar-refractivity contribution is 5.83. The van der Waals surface area contributed by atoms with Crippen LogP contribution in [0.15, 0.2) is 53.8 Å². The Balaban J connectivity index is 1.13. The third-order valence-electron chi connectivity index (χ3n) is 9.93. The zero-order valence-electron chi connectivity index (χ0n) is 25.2. The monoisotopic (exact) mass is 572 g/mol. The van der Waals surface area contributed by atoms with Gasteiger partial charge in [-0.15, -0.1) is 0 Å². The number of carbonyl (C=O) groups is 1. The lowest BCUT2D eigenvalue weighted by Crippen LogP contribution is -2.52. The number of carbonyl (C=O) groups excluding carboxylic acids is 1. The van der Waals surface area contributed by atoms with E-state index >= 15 is 0 Å². The number of aliphatic hydroxyl groups excluding tert-OH is 1. The Labute approximate surface area is 248 Å². The average Bonchev–Trinajstić information content (AvgIpc) is 3.47. The van der Waals surface area contributed by atoms with Gasteiger partial charge < -0.3 is 24.6 Å². The summed E-state index contributed by atoms with van der Waals surface area (Å²) >= 11 is 0. The SMILES string of the molecule is CN=CC1CC(C(=O)N2CCN(c3ccnn4cc(-c5ccc(C6(OC)CCN([C@@H](C)CO)CC6)cc5)cc34)CC2)C1. The first-order valence-corrected chi connectivity index (χ1v) is 15.4. The number of aliphatic hydroxyl groups is 1. The van der Waals surface area contributed by atoms with Gasteiger partial charge >= 0.3 is 0 Å². The quantitative estimate of drug-likeness (QED) is 0.415. The summed E-state index contributed by atoms with van der Waals surface area (Å²) in [6, 6.07) is 13.3. The van der Waals surface area contributed by atoms with Crippen LogP contribution in [0.2, 0.25) is 0 Å². The van der Waals surface area contributed by atoms with Gasteiger partial charge in [0.2, 0.25) is 5.91 Å². The Morgan fingerprint density at radius 1 is 1.10 bits per heavy atom. The van der Waals surface area contributed by atoms with Crippen LogP contribution in [0.25, 0.3) is 16.6 Å². The first kappa shape index (κ1) is 28.8. The van der Waals surface area contributed by atoms with Gasteiger partial charge in [-0.3, -0.25) is 9.69 Å². The number of piperazine rings is 1. The normalized spacial score (nSPS) is 23.8. The number of rotatable bonds is 8. The summed E-state index contributed by atoms with van der Waals surface area (Å²) in [5.74, 6) is 0.938. The third-order valence-corrected chi connectivity index (χ3v) is 9.93. The summed E-state index contributed by atoms with van der Waals surface area (Å²) in [7, 11) is 3.62. The Morgan fingerprint density at radius 2 is 1.81 bits per heavy atom. The van der Waals surface area contributed by atoms with Crippen LogP contribution >= 0.6 is 0 Å². The number of benzene rings is 1. The standard InChI is InChI=1S/C33H44N6O3/c1-24(23-40)36-12-9-33(42-3,10-13-36)29-6-4-26(5-7-29)28-20-31-30(8-11-35-39(31)22-28)37-14-16-38(17-15-37)32(41)27-18-25(19-27)21-34-2/h4-8,11,20-22,24-25,27,40H,9-10,12-19,23H2,1-3H3/t24-,25?,27?/m0/s1. The number of aliphatic imine (C=N–C) groups is 1. The van der Waals surface area contributed by atoms with Gasteiger partial charge in [0.05, 0.1) is 23.4 Å². The van der Waals surface area contributed by atoms with Crippen molar-refractivity contribution in [3.63, 3.8) is 0 Å². The summed E-state index contributed by atoms with van der Waals surface area (Å²) < 4.78 is 8.09. The molecule has 2 aromatic heterocycles. The lowest BCUT2D eigenvalue weighted by Gasteiger charge is -2.43. The maximum Gasteiger partial charge on any atom is 0.225 e. The second kappa shape index (κ2) is 12.1. The number of anilines is 1. The van der Waals surface area contributed by atoms with Gasteiger partial charge in [-0.2, -0.15) is 5.10 Å². The van der Waals surface area contributed by atoms with E-state index in [2.05, 4.69) is 69.4 Å².